The van der Waals surface area contributed by atoms with E-state index in [4.69, 9.17) is 4.74 Å². The molecule has 0 atom stereocenters. The van der Waals surface area contributed by atoms with Gasteiger partial charge in [-0.25, -0.2) is 4.39 Å². The highest BCUT2D eigenvalue weighted by molar-refractivity contribution is 9.10. The van der Waals surface area contributed by atoms with E-state index in [1.165, 1.54) is 18.2 Å². The number of benzene rings is 2. The standard InChI is InChI=1S/C17H16BrFO2/c1-10-6-12(3)14(7-11(10)2)17(20)9-21-13-4-5-16(19)15(18)8-13/h4-8H,9H2,1-3H3. The van der Waals surface area contributed by atoms with Crippen LogP contribution in [0.15, 0.2) is 34.8 Å². The molecule has 0 amide bonds. The summed E-state index contributed by atoms with van der Waals surface area (Å²) in [4.78, 5) is 12.2. The van der Waals surface area contributed by atoms with Gasteiger partial charge in [0.2, 0.25) is 0 Å². The molecule has 2 aromatic rings. The van der Waals surface area contributed by atoms with E-state index < -0.39 is 0 Å². The van der Waals surface area contributed by atoms with Gasteiger partial charge in [0, 0.05) is 5.56 Å². The number of aryl methyl sites for hydroxylation is 3. The second kappa shape index (κ2) is 6.39. The van der Waals surface area contributed by atoms with Crippen molar-refractivity contribution < 1.29 is 13.9 Å². The first-order valence-corrected chi connectivity index (χ1v) is 7.36. The molecule has 0 radical (unpaired) electrons. The van der Waals surface area contributed by atoms with E-state index in [0.717, 1.165) is 16.7 Å². The highest BCUT2D eigenvalue weighted by Crippen LogP contribution is 2.22. The fourth-order valence-electron chi connectivity index (χ4n) is 2.05. The monoisotopic (exact) mass is 350 g/mol. The van der Waals surface area contributed by atoms with Crippen molar-refractivity contribution in [3.63, 3.8) is 0 Å². The molecule has 2 aromatic carbocycles. The summed E-state index contributed by atoms with van der Waals surface area (Å²) in [6.45, 7) is 5.84. The molecule has 2 nitrogen and oxygen atoms in total. The van der Waals surface area contributed by atoms with Crippen LogP contribution >= 0.6 is 15.9 Å². The summed E-state index contributed by atoms with van der Waals surface area (Å²) in [5.74, 6) is 0.00726. The zero-order valence-electron chi connectivity index (χ0n) is 12.2. The first kappa shape index (κ1) is 15.7. The fourth-order valence-corrected chi connectivity index (χ4v) is 2.41. The second-order valence-electron chi connectivity index (χ2n) is 5.04. The molecule has 0 fully saturated rings. The summed E-state index contributed by atoms with van der Waals surface area (Å²) >= 11 is 3.09. The molecule has 21 heavy (non-hydrogen) atoms. The van der Waals surface area contributed by atoms with Gasteiger partial charge in [0.25, 0.3) is 0 Å². The molecule has 2 rings (SSSR count). The Morgan fingerprint density at radius 3 is 2.43 bits per heavy atom. The van der Waals surface area contributed by atoms with Crippen molar-refractivity contribution in [1.82, 2.24) is 0 Å². The van der Waals surface area contributed by atoms with Crippen LogP contribution in [0.3, 0.4) is 0 Å². The molecule has 0 spiro atoms. The van der Waals surface area contributed by atoms with Gasteiger partial charge >= 0.3 is 0 Å². The van der Waals surface area contributed by atoms with E-state index in [-0.39, 0.29) is 18.2 Å². The van der Waals surface area contributed by atoms with Crippen LogP contribution in [-0.4, -0.2) is 12.4 Å². The molecular formula is C17H16BrFO2. The molecule has 0 aliphatic rings. The lowest BCUT2D eigenvalue weighted by atomic mass is 9.98. The Bertz CT molecular complexity index is 695. The number of hydrogen-bond acceptors (Lipinski definition) is 2. The van der Waals surface area contributed by atoms with Gasteiger partial charge in [0.1, 0.15) is 11.6 Å². The Balaban J connectivity index is 2.11. The van der Waals surface area contributed by atoms with Crippen molar-refractivity contribution in [2.24, 2.45) is 0 Å². The fraction of sp³-hybridized carbons (Fsp3) is 0.235. The van der Waals surface area contributed by atoms with E-state index in [0.29, 0.717) is 15.8 Å². The van der Waals surface area contributed by atoms with Gasteiger partial charge in [-0.1, -0.05) is 6.07 Å². The maximum atomic E-state index is 13.1. The first-order valence-electron chi connectivity index (χ1n) is 6.57. The van der Waals surface area contributed by atoms with Crippen molar-refractivity contribution in [2.75, 3.05) is 6.61 Å². The van der Waals surface area contributed by atoms with Crippen molar-refractivity contribution in [1.29, 1.82) is 0 Å². The second-order valence-corrected chi connectivity index (χ2v) is 5.89. The Morgan fingerprint density at radius 1 is 1.10 bits per heavy atom. The third-order valence-electron chi connectivity index (χ3n) is 3.40. The van der Waals surface area contributed by atoms with Crippen molar-refractivity contribution >= 4 is 21.7 Å². The topological polar surface area (TPSA) is 26.3 Å². The maximum Gasteiger partial charge on any atom is 0.200 e. The number of Topliss-reactive ketones (excluding diaryl/α,β-unsaturated/α-hetero) is 1. The Labute approximate surface area is 132 Å². The number of halogens is 2. The van der Waals surface area contributed by atoms with E-state index in [9.17, 15) is 9.18 Å². The highest BCUT2D eigenvalue weighted by atomic mass is 79.9. The lowest BCUT2D eigenvalue weighted by Crippen LogP contribution is -2.13. The summed E-state index contributed by atoms with van der Waals surface area (Å²) in [5.41, 5.74) is 3.84. The number of rotatable bonds is 4. The molecular weight excluding hydrogens is 335 g/mol. The molecule has 0 aliphatic carbocycles. The number of hydrogen-bond donors (Lipinski definition) is 0. The maximum absolute atomic E-state index is 13.1. The van der Waals surface area contributed by atoms with Gasteiger partial charge in [-0.2, -0.15) is 0 Å². The molecule has 0 saturated heterocycles. The SMILES string of the molecule is Cc1cc(C)c(C(=O)COc2ccc(F)c(Br)c2)cc1C. The number of ketones is 1. The summed E-state index contributed by atoms with van der Waals surface area (Å²) < 4.78 is 18.9. The summed E-state index contributed by atoms with van der Waals surface area (Å²) in [5, 5.41) is 0. The quantitative estimate of drug-likeness (QED) is 0.742. The zero-order valence-corrected chi connectivity index (χ0v) is 13.8. The Hall–Kier alpha value is -1.68. The van der Waals surface area contributed by atoms with Crippen LogP contribution in [0.4, 0.5) is 4.39 Å². The summed E-state index contributed by atoms with van der Waals surface area (Å²) in [7, 11) is 0. The lowest BCUT2D eigenvalue weighted by molar-refractivity contribution is 0.0920. The van der Waals surface area contributed by atoms with E-state index in [2.05, 4.69) is 15.9 Å². The van der Waals surface area contributed by atoms with Crippen LogP contribution in [0.5, 0.6) is 5.75 Å². The third kappa shape index (κ3) is 3.70. The lowest BCUT2D eigenvalue weighted by Gasteiger charge is -2.10. The smallest absolute Gasteiger partial charge is 0.200 e. The normalized spacial score (nSPS) is 10.5. The van der Waals surface area contributed by atoms with Gasteiger partial charge in [0.05, 0.1) is 4.47 Å². The summed E-state index contributed by atoms with van der Waals surface area (Å²) in [6, 6.07) is 8.19. The van der Waals surface area contributed by atoms with E-state index in [1.54, 1.807) is 0 Å². The largest absolute Gasteiger partial charge is 0.485 e. The zero-order chi connectivity index (χ0) is 15.6. The minimum atomic E-state index is -0.362. The highest BCUT2D eigenvalue weighted by Gasteiger charge is 2.12. The molecule has 0 heterocycles. The summed E-state index contributed by atoms with van der Waals surface area (Å²) in [6.07, 6.45) is 0. The average molecular weight is 351 g/mol. The van der Waals surface area contributed by atoms with Crippen LogP contribution in [0.1, 0.15) is 27.0 Å². The van der Waals surface area contributed by atoms with Crippen LogP contribution in [0.2, 0.25) is 0 Å². The Morgan fingerprint density at radius 2 is 1.76 bits per heavy atom. The van der Waals surface area contributed by atoms with Gasteiger partial charge in [-0.15, -0.1) is 0 Å². The molecule has 0 unspecified atom stereocenters. The van der Waals surface area contributed by atoms with Crippen LogP contribution in [0.25, 0.3) is 0 Å². The Kier molecular flexibility index (Phi) is 4.78. The average Bonchev–Trinajstić information content (AvgIpc) is 2.44. The van der Waals surface area contributed by atoms with Crippen LogP contribution < -0.4 is 4.74 Å². The minimum absolute atomic E-state index is 0.0680. The van der Waals surface area contributed by atoms with Crippen molar-refractivity contribution in [3.8, 4) is 5.75 Å². The molecule has 110 valence electrons. The predicted octanol–water partition coefficient (Wildman–Crippen LogP) is 4.78. The predicted molar refractivity (Wildman–Crippen MR) is 84.6 cm³/mol. The van der Waals surface area contributed by atoms with Gasteiger partial charge < -0.3 is 4.74 Å². The minimum Gasteiger partial charge on any atom is -0.485 e. The molecule has 0 saturated carbocycles. The van der Waals surface area contributed by atoms with E-state index >= 15 is 0 Å². The van der Waals surface area contributed by atoms with E-state index in [1.807, 2.05) is 32.9 Å². The number of carbonyl (C=O) groups excluding carboxylic acids is 1. The molecule has 0 aliphatic heterocycles. The number of ether oxygens (including phenoxy) is 1. The number of carbonyl (C=O) groups is 1. The van der Waals surface area contributed by atoms with Gasteiger partial charge in [0.15, 0.2) is 12.4 Å². The first-order chi connectivity index (χ1) is 9.88. The third-order valence-corrected chi connectivity index (χ3v) is 4.01. The van der Waals surface area contributed by atoms with Crippen LogP contribution in [0, 0.1) is 26.6 Å². The van der Waals surface area contributed by atoms with Crippen molar-refractivity contribution in [2.45, 2.75) is 20.8 Å². The van der Waals surface area contributed by atoms with Gasteiger partial charge in [-0.3, -0.25) is 4.79 Å². The van der Waals surface area contributed by atoms with Gasteiger partial charge in [-0.05, 0) is 77.7 Å². The molecule has 0 aromatic heterocycles. The molecule has 0 N–H and O–H groups in total. The molecule has 0 bridgehead atoms. The van der Waals surface area contributed by atoms with Crippen molar-refractivity contribution in [3.05, 3.63) is 62.9 Å². The van der Waals surface area contributed by atoms with Crippen LogP contribution in [-0.2, 0) is 0 Å². The molecule has 4 heteroatoms.